The SMILES string of the molecule is CCN1CCn2c(nc3cc(NC(=O)c4cc(OC)c(OC)c(OC)c4)ccc32)C1. The molecular weight excluding hydrogens is 384 g/mol. The summed E-state index contributed by atoms with van der Waals surface area (Å²) in [5.41, 5.74) is 3.06. The average Bonchev–Trinajstić information content (AvgIpc) is 3.14. The monoisotopic (exact) mass is 410 g/mol. The van der Waals surface area contributed by atoms with Crippen molar-refractivity contribution in [2.75, 3.05) is 39.7 Å². The van der Waals surface area contributed by atoms with Gasteiger partial charge in [-0.05, 0) is 36.9 Å². The van der Waals surface area contributed by atoms with Crippen molar-refractivity contribution in [3.63, 3.8) is 0 Å². The van der Waals surface area contributed by atoms with Gasteiger partial charge in [0, 0.05) is 24.3 Å². The summed E-state index contributed by atoms with van der Waals surface area (Å²) in [7, 11) is 4.57. The Hall–Kier alpha value is -3.26. The zero-order valence-corrected chi connectivity index (χ0v) is 17.7. The molecule has 1 aliphatic rings. The molecule has 1 N–H and O–H groups in total. The van der Waals surface area contributed by atoms with Gasteiger partial charge in [-0.1, -0.05) is 6.92 Å². The molecule has 0 bridgehead atoms. The quantitative estimate of drug-likeness (QED) is 0.673. The third-order valence-corrected chi connectivity index (χ3v) is 5.46. The van der Waals surface area contributed by atoms with E-state index in [1.807, 2.05) is 18.2 Å². The number of nitrogens with one attached hydrogen (secondary N) is 1. The minimum absolute atomic E-state index is 0.269. The number of hydrogen-bond donors (Lipinski definition) is 1. The van der Waals surface area contributed by atoms with E-state index in [0.29, 0.717) is 28.5 Å². The molecule has 2 heterocycles. The first-order valence-electron chi connectivity index (χ1n) is 9.90. The molecule has 0 saturated carbocycles. The van der Waals surface area contributed by atoms with Crippen LogP contribution < -0.4 is 19.5 Å². The fourth-order valence-electron chi connectivity index (χ4n) is 3.83. The highest BCUT2D eigenvalue weighted by Crippen LogP contribution is 2.38. The highest BCUT2D eigenvalue weighted by Gasteiger charge is 2.20. The Balaban J connectivity index is 1.61. The first kappa shape index (κ1) is 20.0. The Morgan fingerprint density at radius 1 is 1.07 bits per heavy atom. The Morgan fingerprint density at radius 2 is 1.80 bits per heavy atom. The van der Waals surface area contributed by atoms with E-state index in [2.05, 4.69) is 21.7 Å². The molecule has 0 saturated heterocycles. The second kappa shape index (κ2) is 8.23. The van der Waals surface area contributed by atoms with Gasteiger partial charge >= 0.3 is 0 Å². The van der Waals surface area contributed by atoms with Crippen molar-refractivity contribution < 1.29 is 19.0 Å². The number of rotatable bonds is 6. The number of amides is 1. The van der Waals surface area contributed by atoms with Crippen LogP contribution >= 0.6 is 0 Å². The van der Waals surface area contributed by atoms with Crippen LogP contribution in [-0.2, 0) is 13.1 Å². The van der Waals surface area contributed by atoms with Crippen molar-refractivity contribution in [3.05, 3.63) is 41.7 Å². The largest absolute Gasteiger partial charge is 0.493 e. The van der Waals surface area contributed by atoms with Gasteiger partial charge in [0.1, 0.15) is 5.82 Å². The van der Waals surface area contributed by atoms with Crippen LogP contribution in [0.2, 0.25) is 0 Å². The number of carbonyl (C=O) groups is 1. The first-order valence-corrected chi connectivity index (χ1v) is 9.90. The molecule has 3 aromatic rings. The molecule has 1 aliphatic heterocycles. The number of methoxy groups -OCH3 is 3. The third kappa shape index (κ3) is 3.54. The number of benzene rings is 2. The number of imidazole rings is 1. The second-order valence-electron chi connectivity index (χ2n) is 7.12. The van der Waals surface area contributed by atoms with Crippen molar-refractivity contribution in [2.24, 2.45) is 0 Å². The molecule has 0 fully saturated rings. The molecule has 0 unspecified atom stereocenters. The number of aromatic nitrogens is 2. The number of fused-ring (bicyclic) bond motifs is 3. The molecule has 2 aromatic carbocycles. The minimum atomic E-state index is -0.269. The van der Waals surface area contributed by atoms with Crippen LogP contribution in [0.4, 0.5) is 5.69 Å². The number of likely N-dealkylation sites (N-methyl/N-ethyl adjacent to an activating group) is 1. The molecule has 1 amide bonds. The van der Waals surface area contributed by atoms with Gasteiger partial charge < -0.3 is 24.1 Å². The molecule has 0 atom stereocenters. The summed E-state index contributed by atoms with van der Waals surface area (Å²) in [5.74, 6) is 2.10. The van der Waals surface area contributed by atoms with Crippen LogP contribution in [0.1, 0.15) is 23.1 Å². The average molecular weight is 410 g/mol. The Labute approximate surface area is 175 Å². The van der Waals surface area contributed by atoms with Gasteiger partial charge in [0.25, 0.3) is 5.91 Å². The summed E-state index contributed by atoms with van der Waals surface area (Å²) < 4.78 is 18.3. The standard InChI is InChI=1S/C22H26N4O4/c1-5-25-8-9-26-17-7-6-15(12-16(17)24-20(26)13-25)23-22(27)14-10-18(28-2)21(30-4)19(11-14)29-3/h6-7,10-12H,5,8-9,13H2,1-4H3,(H,23,27). The van der Waals surface area contributed by atoms with Gasteiger partial charge in [0.15, 0.2) is 11.5 Å². The molecular formula is C22H26N4O4. The van der Waals surface area contributed by atoms with E-state index in [-0.39, 0.29) is 5.91 Å². The lowest BCUT2D eigenvalue weighted by Gasteiger charge is -2.26. The van der Waals surface area contributed by atoms with E-state index in [4.69, 9.17) is 19.2 Å². The molecule has 1 aromatic heterocycles. The van der Waals surface area contributed by atoms with Crippen LogP contribution in [0.15, 0.2) is 30.3 Å². The van der Waals surface area contributed by atoms with Gasteiger partial charge in [0.05, 0.1) is 38.9 Å². The number of ether oxygens (including phenoxy) is 3. The second-order valence-corrected chi connectivity index (χ2v) is 7.12. The van der Waals surface area contributed by atoms with Gasteiger partial charge in [-0.2, -0.15) is 0 Å². The molecule has 4 rings (SSSR count). The minimum Gasteiger partial charge on any atom is -0.493 e. The van der Waals surface area contributed by atoms with Gasteiger partial charge in [-0.25, -0.2) is 4.98 Å². The number of carbonyl (C=O) groups excluding carboxylic acids is 1. The summed E-state index contributed by atoms with van der Waals surface area (Å²) in [5, 5.41) is 2.94. The van der Waals surface area contributed by atoms with Crippen LogP contribution in [0.25, 0.3) is 11.0 Å². The maximum atomic E-state index is 12.9. The zero-order chi connectivity index (χ0) is 21.3. The predicted molar refractivity (Wildman–Crippen MR) is 115 cm³/mol. The third-order valence-electron chi connectivity index (χ3n) is 5.46. The Morgan fingerprint density at radius 3 is 2.43 bits per heavy atom. The molecule has 30 heavy (non-hydrogen) atoms. The van der Waals surface area contributed by atoms with E-state index in [0.717, 1.165) is 43.0 Å². The first-order chi connectivity index (χ1) is 14.6. The molecule has 0 radical (unpaired) electrons. The van der Waals surface area contributed by atoms with E-state index in [1.54, 1.807) is 12.1 Å². The number of anilines is 1. The smallest absolute Gasteiger partial charge is 0.255 e. The van der Waals surface area contributed by atoms with Crippen LogP contribution in [-0.4, -0.2) is 54.8 Å². The van der Waals surface area contributed by atoms with E-state index >= 15 is 0 Å². The fourth-order valence-corrected chi connectivity index (χ4v) is 3.83. The van der Waals surface area contributed by atoms with Crippen molar-refractivity contribution in [2.45, 2.75) is 20.0 Å². The highest BCUT2D eigenvalue weighted by atomic mass is 16.5. The van der Waals surface area contributed by atoms with E-state index in [9.17, 15) is 4.79 Å². The lowest BCUT2D eigenvalue weighted by atomic mass is 10.1. The van der Waals surface area contributed by atoms with E-state index in [1.165, 1.54) is 21.3 Å². The van der Waals surface area contributed by atoms with Gasteiger partial charge in [-0.15, -0.1) is 0 Å². The summed E-state index contributed by atoms with van der Waals surface area (Å²) in [4.78, 5) is 20.0. The molecule has 0 spiro atoms. The maximum Gasteiger partial charge on any atom is 0.255 e. The topological polar surface area (TPSA) is 77.9 Å². The summed E-state index contributed by atoms with van der Waals surface area (Å²) >= 11 is 0. The van der Waals surface area contributed by atoms with Crippen LogP contribution in [0.5, 0.6) is 17.2 Å². The normalized spacial score (nSPS) is 13.7. The van der Waals surface area contributed by atoms with Crippen molar-refractivity contribution in [1.29, 1.82) is 0 Å². The number of nitrogens with zero attached hydrogens (tertiary/aromatic N) is 3. The summed E-state index contributed by atoms with van der Waals surface area (Å²) in [6, 6.07) is 9.08. The Kier molecular flexibility index (Phi) is 5.50. The lowest BCUT2D eigenvalue weighted by Crippen LogP contribution is -2.33. The van der Waals surface area contributed by atoms with Gasteiger partial charge in [-0.3, -0.25) is 9.69 Å². The lowest BCUT2D eigenvalue weighted by molar-refractivity contribution is 0.102. The number of hydrogen-bond acceptors (Lipinski definition) is 6. The summed E-state index contributed by atoms with van der Waals surface area (Å²) in [6.45, 7) is 5.97. The van der Waals surface area contributed by atoms with E-state index < -0.39 is 0 Å². The van der Waals surface area contributed by atoms with Crippen molar-refractivity contribution in [1.82, 2.24) is 14.5 Å². The van der Waals surface area contributed by atoms with Crippen molar-refractivity contribution >= 4 is 22.6 Å². The Bertz CT molecular complexity index is 1070. The van der Waals surface area contributed by atoms with Crippen LogP contribution in [0, 0.1) is 0 Å². The zero-order valence-electron chi connectivity index (χ0n) is 17.7. The maximum absolute atomic E-state index is 12.9. The summed E-state index contributed by atoms with van der Waals surface area (Å²) in [6.07, 6.45) is 0. The predicted octanol–water partition coefficient (Wildman–Crippen LogP) is 3.15. The molecule has 158 valence electrons. The molecule has 8 heteroatoms. The highest BCUT2D eigenvalue weighted by molar-refractivity contribution is 6.05. The van der Waals surface area contributed by atoms with Gasteiger partial charge in [0.2, 0.25) is 5.75 Å². The molecule has 0 aliphatic carbocycles. The molecule has 8 nitrogen and oxygen atoms in total. The van der Waals surface area contributed by atoms with Crippen molar-refractivity contribution in [3.8, 4) is 17.2 Å². The fraction of sp³-hybridized carbons (Fsp3) is 0.364. The van der Waals surface area contributed by atoms with Crippen LogP contribution in [0.3, 0.4) is 0 Å².